The molecule has 4 rings (SSSR count). The first-order chi connectivity index (χ1) is 14.8. The maximum atomic E-state index is 14.0. The van der Waals surface area contributed by atoms with Gasteiger partial charge in [-0.15, -0.1) is 0 Å². The van der Waals surface area contributed by atoms with Crippen LogP contribution >= 0.6 is 0 Å². The highest BCUT2D eigenvalue weighted by Crippen LogP contribution is 2.28. The van der Waals surface area contributed by atoms with Crippen molar-refractivity contribution in [3.63, 3.8) is 0 Å². The van der Waals surface area contributed by atoms with E-state index in [9.17, 15) is 22.0 Å². The number of rotatable bonds is 4. The highest BCUT2D eigenvalue weighted by Gasteiger charge is 2.33. The van der Waals surface area contributed by atoms with Crippen molar-refractivity contribution >= 4 is 26.7 Å². The third-order valence-corrected chi connectivity index (χ3v) is 7.25. The molecule has 1 aliphatic rings. The number of piperazine rings is 1. The summed E-state index contributed by atoms with van der Waals surface area (Å²) in [4.78, 5) is 13.9. The Balaban J connectivity index is 1.54. The summed E-state index contributed by atoms with van der Waals surface area (Å²) in [7, 11) is -2.73. The van der Waals surface area contributed by atoms with Gasteiger partial charge in [0.15, 0.2) is 0 Å². The first-order valence-corrected chi connectivity index (χ1v) is 11.1. The van der Waals surface area contributed by atoms with Gasteiger partial charge < -0.3 is 9.64 Å². The molecule has 0 spiro atoms. The molecule has 1 aliphatic heterocycles. The van der Waals surface area contributed by atoms with E-state index in [1.54, 1.807) is 12.1 Å². The highest BCUT2D eigenvalue weighted by molar-refractivity contribution is 7.89. The SMILES string of the molecule is COc1cc2ccccc2cc1C(=O)N1CCN(S(=O)(=O)c2cc(F)ccc2F)CC1. The largest absolute Gasteiger partial charge is 0.496 e. The molecule has 0 bridgehead atoms. The van der Waals surface area contributed by atoms with E-state index in [4.69, 9.17) is 4.74 Å². The normalized spacial score (nSPS) is 15.3. The number of fused-ring (bicyclic) bond motifs is 1. The maximum absolute atomic E-state index is 14.0. The zero-order chi connectivity index (χ0) is 22.2. The summed E-state index contributed by atoms with van der Waals surface area (Å²) in [5, 5.41) is 1.82. The van der Waals surface area contributed by atoms with Crippen molar-refractivity contribution in [3.05, 3.63) is 71.8 Å². The Labute approximate surface area is 178 Å². The van der Waals surface area contributed by atoms with Gasteiger partial charge >= 0.3 is 0 Å². The van der Waals surface area contributed by atoms with Gasteiger partial charge in [0.25, 0.3) is 5.91 Å². The standard InChI is InChI=1S/C22H20F2N2O4S/c1-30-20-13-16-5-3-2-4-15(16)12-18(20)22(27)25-8-10-26(11-9-25)31(28,29)21-14-17(23)6-7-19(21)24/h2-7,12-14H,8-11H2,1H3. The van der Waals surface area contributed by atoms with Gasteiger partial charge in [-0.3, -0.25) is 4.79 Å². The monoisotopic (exact) mass is 446 g/mol. The Morgan fingerprint density at radius 1 is 0.935 bits per heavy atom. The fraction of sp³-hybridized carbons (Fsp3) is 0.227. The lowest BCUT2D eigenvalue weighted by molar-refractivity contribution is 0.0694. The van der Waals surface area contributed by atoms with E-state index in [-0.39, 0.29) is 32.1 Å². The zero-order valence-electron chi connectivity index (χ0n) is 16.7. The van der Waals surface area contributed by atoms with E-state index >= 15 is 0 Å². The van der Waals surface area contributed by atoms with Gasteiger partial charge in [0.2, 0.25) is 10.0 Å². The van der Waals surface area contributed by atoms with E-state index in [2.05, 4.69) is 0 Å². The Morgan fingerprint density at radius 2 is 1.58 bits per heavy atom. The van der Waals surface area contributed by atoms with Crippen LogP contribution in [0.4, 0.5) is 8.78 Å². The minimum atomic E-state index is -4.21. The van der Waals surface area contributed by atoms with Crippen molar-refractivity contribution in [2.75, 3.05) is 33.3 Å². The minimum Gasteiger partial charge on any atom is -0.496 e. The van der Waals surface area contributed by atoms with Gasteiger partial charge in [-0.1, -0.05) is 24.3 Å². The molecule has 1 fully saturated rings. The fourth-order valence-corrected chi connectivity index (χ4v) is 5.17. The van der Waals surface area contributed by atoms with Crippen LogP contribution in [-0.4, -0.2) is 56.8 Å². The van der Waals surface area contributed by atoms with Gasteiger partial charge in [0.1, 0.15) is 22.3 Å². The second kappa shape index (κ2) is 8.24. The number of sulfonamides is 1. The number of hydrogen-bond acceptors (Lipinski definition) is 4. The third kappa shape index (κ3) is 3.98. The summed E-state index contributed by atoms with van der Waals surface area (Å²) in [6, 6.07) is 13.4. The van der Waals surface area contributed by atoms with Crippen LogP contribution in [0.15, 0.2) is 59.5 Å². The van der Waals surface area contributed by atoms with E-state index in [1.807, 2.05) is 24.3 Å². The minimum absolute atomic E-state index is 0.0279. The number of benzene rings is 3. The number of hydrogen-bond donors (Lipinski definition) is 0. The molecule has 0 unspecified atom stereocenters. The summed E-state index contributed by atoms with van der Waals surface area (Å²) in [5.74, 6) is -1.70. The summed E-state index contributed by atoms with van der Waals surface area (Å²) in [6.45, 7) is 0.176. The lowest BCUT2D eigenvalue weighted by Gasteiger charge is -2.34. The molecular weight excluding hydrogens is 426 g/mol. The average Bonchev–Trinajstić information content (AvgIpc) is 2.79. The molecule has 3 aromatic rings. The maximum Gasteiger partial charge on any atom is 0.257 e. The molecule has 3 aromatic carbocycles. The van der Waals surface area contributed by atoms with Crippen LogP contribution in [0.2, 0.25) is 0 Å². The van der Waals surface area contributed by atoms with Crippen LogP contribution in [0.25, 0.3) is 10.8 Å². The summed E-state index contributed by atoms with van der Waals surface area (Å²) in [5.41, 5.74) is 0.383. The molecule has 0 aromatic heterocycles. The number of methoxy groups -OCH3 is 1. The average molecular weight is 446 g/mol. The highest BCUT2D eigenvalue weighted by atomic mass is 32.2. The van der Waals surface area contributed by atoms with Crippen molar-refractivity contribution in [1.29, 1.82) is 0 Å². The molecule has 6 nitrogen and oxygen atoms in total. The lowest BCUT2D eigenvalue weighted by Crippen LogP contribution is -2.50. The molecule has 162 valence electrons. The topological polar surface area (TPSA) is 66.9 Å². The van der Waals surface area contributed by atoms with Crippen molar-refractivity contribution in [1.82, 2.24) is 9.21 Å². The Bertz CT molecular complexity index is 1260. The molecule has 0 N–H and O–H groups in total. The first-order valence-electron chi connectivity index (χ1n) is 9.62. The van der Waals surface area contributed by atoms with Gasteiger partial charge in [-0.2, -0.15) is 4.31 Å². The van der Waals surface area contributed by atoms with E-state index in [0.29, 0.717) is 17.4 Å². The molecule has 31 heavy (non-hydrogen) atoms. The van der Waals surface area contributed by atoms with Crippen LogP contribution in [0, 0.1) is 11.6 Å². The molecule has 9 heteroatoms. The number of carbonyl (C=O) groups is 1. The van der Waals surface area contributed by atoms with Gasteiger partial charge in [-0.25, -0.2) is 17.2 Å². The van der Waals surface area contributed by atoms with Crippen molar-refractivity contribution < 1.29 is 26.7 Å². The Morgan fingerprint density at radius 3 is 2.23 bits per heavy atom. The second-order valence-corrected chi connectivity index (χ2v) is 9.08. The molecular formula is C22H20F2N2O4S. The molecule has 1 saturated heterocycles. The smallest absolute Gasteiger partial charge is 0.257 e. The number of carbonyl (C=O) groups excluding carboxylic acids is 1. The summed E-state index contributed by atoms with van der Waals surface area (Å²) >= 11 is 0. The van der Waals surface area contributed by atoms with Crippen molar-refractivity contribution in [2.45, 2.75) is 4.90 Å². The molecule has 1 heterocycles. The van der Waals surface area contributed by atoms with Crippen LogP contribution < -0.4 is 4.74 Å². The predicted molar refractivity (Wildman–Crippen MR) is 112 cm³/mol. The Hall–Kier alpha value is -3.04. The summed E-state index contributed by atoms with van der Waals surface area (Å²) < 4.78 is 59.4. The van der Waals surface area contributed by atoms with E-state index < -0.39 is 26.6 Å². The Kier molecular flexibility index (Phi) is 5.63. The number of amides is 1. The predicted octanol–water partition coefficient (Wildman–Crippen LogP) is 3.27. The fourth-order valence-electron chi connectivity index (χ4n) is 3.67. The van der Waals surface area contributed by atoms with Gasteiger partial charge in [-0.05, 0) is 41.1 Å². The number of nitrogens with zero attached hydrogens (tertiary/aromatic N) is 2. The van der Waals surface area contributed by atoms with E-state index in [0.717, 1.165) is 27.2 Å². The first kappa shape index (κ1) is 21.2. The number of halogens is 2. The van der Waals surface area contributed by atoms with Crippen LogP contribution in [0.1, 0.15) is 10.4 Å². The number of ether oxygens (including phenoxy) is 1. The molecule has 0 radical (unpaired) electrons. The lowest BCUT2D eigenvalue weighted by atomic mass is 10.0. The quantitative estimate of drug-likeness (QED) is 0.617. The van der Waals surface area contributed by atoms with E-state index in [1.165, 1.54) is 12.0 Å². The second-order valence-electron chi connectivity index (χ2n) is 7.17. The van der Waals surface area contributed by atoms with Crippen LogP contribution in [-0.2, 0) is 10.0 Å². The zero-order valence-corrected chi connectivity index (χ0v) is 17.5. The van der Waals surface area contributed by atoms with Crippen LogP contribution in [0.5, 0.6) is 5.75 Å². The van der Waals surface area contributed by atoms with Gasteiger partial charge in [0, 0.05) is 26.2 Å². The van der Waals surface area contributed by atoms with Crippen LogP contribution in [0.3, 0.4) is 0 Å². The third-order valence-electron chi connectivity index (χ3n) is 5.34. The molecule has 0 saturated carbocycles. The van der Waals surface area contributed by atoms with Gasteiger partial charge in [0.05, 0.1) is 12.7 Å². The molecule has 0 aliphatic carbocycles. The molecule has 1 amide bonds. The summed E-state index contributed by atoms with van der Waals surface area (Å²) in [6.07, 6.45) is 0. The van der Waals surface area contributed by atoms with Crippen molar-refractivity contribution in [2.24, 2.45) is 0 Å². The van der Waals surface area contributed by atoms with Crippen molar-refractivity contribution in [3.8, 4) is 5.75 Å². The molecule has 0 atom stereocenters.